The van der Waals surface area contributed by atoms with Gasteiger partial charge in [0.2, 0.25) is 0 Å². The topological polar surface area (TPSA) is 55.2 Å². The molecule has 1 aromatic rings. The van der Waals surface area contributed by atoms with Crippen molar-refractivity contribution in [3.63, 3.8) is 0 Å². The van der Waals surface area contributed by atoms with Gasteiger partial charge in [-0.15, -0.1) is 0 Å². The highest BCUT2D eigenvalue weighted by Crippen LogP contribution is 1.87. The molecule has 1 aromatic heterocycles. The number of hydrogen-bond acceptors (Lipinski definition) is 4. The minimum absolute atomic E-state index is 0.0425. The summed E-state index contributed by atoms with van der Waals surface area (Å²) in [5.41, 5.74) is 0. The molecular weight excluding hydrogens is 120 g/mol. The van der Waals surface area contributed by atoms with Crippen LogP contribution < -0.4 is 0 Å². The van der Waals surface area contributed by atoms with Gasteiger partial charge in [-0.1, -0.05) is 0 Å². The van der Waals surface area contributed by atoms with Crippen molar-refractivity contribution >= 4 is 0 Å². The van der Waals surface area contributed by atoms with Crippen molar-refractivity contribution in [2.45, 2.75) is 6.61 Å². The van der Waals surface area contributed by atoms with Gasteiger partial charge >= 0.3 is 0 Å². The molecule has 0 saturated heterocycles. The lowest BCUT2D eigenvalue weighted by molar-refractivity contribution is -0.254. The Balaban J connectivity index is 2.61. The van der Waals surface area contributed by atoms with Crippen LogP contribution in [-0.2, 0) is 11.5 Å². The second-order valence-electron chi connectivity index (χ2n) is 1.44. The highest BCUT2D eigenvalue weighted by molar-refractivity contribution is 4.85. The Morgan fingerprint density at radius 2 is 2.11 bits per heavy atom. The molecule has 4 nitrogen and oxygen atoms in total. The molecule has 1 rings (SSSR count). The Morgan fingerprint density at radius 1 is 1.44 bits per heavy atom. The first kappa shape index (κ1) is 6.12. The van der Waals surface area contributed by atoms with Crippen LogP contribution in [0.25, 0.3) is 0 Å². The Bertz CT molecular complexity index is 166. The summed E-state index contributed by atoms with van der Waals surface area (Å²) in [4.78, 5) is 11.3. The maximum Gasteiger partial charge on any atom is 0.157 e. The van der Waals surface area contributed by atoms with Gasteiger partial charge in [0, 0.05) is 12.4 Å². The molecule has 9 heavy (non-hydrogen) atoms. The van der Waals surface area contributed by atoms with Gasteiger partial charge in [0.1, 0.15) is 6.61 Å². The molecule has 0 amide bonds. The fourth-order valence-corrected chi connectivity index (χ4v) is 0.462. The van der Waals surface area contributed by atoms with Gasteiger partial charge in [-0.3, -0.25) is 5.26 Å². The molecule has 0 atom stereocenters. The highest BCUT2D eigenvalue weighted by atomic mass is 17.1. The molecule has 0 aliphatic heterocycles. The molecule has 0 aromatic carbocycles. The van der Waals surface area contributed by atoms with Crippen LogP contribution in [0, 0.1) is 0 Å². The van der Waals surface area contributed by atoms with E-state index in [4.69, 9.17) is 5.26 Å². The van der Waals surface area contributed by atoms with Gasteiger partial charge < -0.3 is 0 Å². The molecule has 48 valence electrons. The number of rotatable bonds is 2. The maximum absolute atomic E-state index is 7.94. The van der Waals surface area contributed by atoms with Crippen LogP contribution in [0.3, 0.4) is 0 Å². The van der Waals surface area contributed by atoms with Crippen molar-refractivity contribution in [1.82, 2.24) is 9.97 Å². The third-order valence-electron chi connectivity index (χ3n) is 0.813. The van der Waals surface area contributed by atoms with Crippen molar-refractivity contribution in [3.8, 4) is 0 Å². The molecule has 4 heteroatoms. The smallest absolute Gasteiger partial charge is 0.157 e. The summed E-state index contributed by atoms with van der Waals surface area (Å²) in [6, 6.07) is 1.70. The largest absolute Gasteiger partial charge is 0.251 e. The zero-order valence-electron chi connectivity index (χ0n) is 4.69. The zero-order valence-corrected chi connectivity index (χ0v) is 4.69. The minimum Gasteiger partial charge on any atom is -0.251 e. The van der Waals surface area contributed by atoms with E-state index in [-0.39, 0.29) is 6.61 Å². The van der Waals surface area contributed by atoms with Crippen molar-refractivity contribution < 1.29 is 10.1 Å². The predicted molar refractivity (Wildman–Crippen MR) is 29.4 cm³/mol. The summed E-state index contributed by atoms with van der Waals surface area (Å²) >= 11 is 0. The average Bonchev–Trinajstić information content (AvgIpc) is 1.91. The Kier molecular flexibility index (Phi) is 2.12. The van der Waals surface area contributed by atoms with E-state index < -0.39 is 0 Å². The summed E-state index contributed by atoms with van der Waals surface area (Å²) in [6.07, 6.45) is 3.17. The molecular formula is C5H6N2O2. The van der Waals surface area contributed by atoms with Crippen LogP contribution in [-0.4, -0.2) is 15.2 Å². The first-order valence-corrected chi connectivity index (χ1v) is 2.46. The lowest BCUT2D eigenvalue weighted by atomic mass is 10.6. The van der Waals surface area contributed by atoms with Gasteiger partial charge in [-0.2, -0.15) is 0 Å². The van der Waals surface area contributed by atoms with Crippen LogP contribution in [0.15, 0.2) is 18.5 Å². The van der Waals surface area contributed by atoms with Gasteiger partial charge in [0.05, 0.1) is 0 Å². The lowest BCUT2D eigenvalue weighted by Crippen LogP contribution is -1.93. The van der Waals surface area contributed by atoms with Crippen LogP contribution in [0.4, 0.5) is 0 Å². The monoisotopic (exact) mass is 126 g/mol. The second-order valence-corrected chi connectivity index (χ2v) is 1.44. The summed E-state index contributed by atoms with van der Waals surface area (Å²) < 4.78 is 0. The van der Waals surface area contributed by atoms with E-state index in [1.807, 2.05) is 0 Å². The lowest BCUT2D eigenvalue weighted by Gasteiger charge is -1.91. The predicted octanol–water partition coefficient (Wildman–Crippen LogP) is 0.466. The molecule has 0 radical (unpaired) electrons. The SMILES string of the molecule is OOCc1ncccn1. The molecule has 1 heterocycles. The Hall–Kier alpha value is -1.00. The summed E-state index contributed by atoms with van der Waals surface area (Å²) in [5.74, 6) is 0.472. The Morgan fingerprint density at radius 3 is 2.67 bits per heavy atom. The van der Waals surface area contributed by atoms with Crippen molar-refractivity contribution in [1.29, 1.82) is 0 Å². The van der Waals surface area contributed by atoms with E-state index in [9.17, 15) is 0 Å². The summed E-state index contributed by atoms with van der Waals surface area (Å²) in [7, 11) is 0. The highest BCUT2D eigenvalue weighted by Gasteiger charge is 1.89. The maximum atomic E-state index is 7.94. The molecule has 0 saturated carbocycles. The van der Waals surface area contributed by atoms with E-state index in [0.717, 1.165) is 0 Å². The molecule has 1 N–H and O–H groups in total. The van der Waals surface area contributed by atoms with Crippen molar-refractivity contribution in [2.75, 3.05) is 0 Å². The van der Waals surface area contributed by atoms with Gasteiger partial charge in [0.25, 0.3) is 0 Å². The molecule has 0 bridgehead atoms. The third kappa shape index (κ3) is 1.75. The standard InChI is InChI=1S/C5H6N2O2/c8-9-4-5-6-2-1-3-7-5/h1-3,8H,4H2. The Labute approximate surface area is 52.1 Å². The second kappa shape index (κ2) is 3.11. The quantitative estimate of drug-likeness (QED) is 0.462. The molecule has 0 spiro atoms. The normalized spacial score (nSPS) is 9.44. The van der Waals surface area contributed by atoms with Gasteiger partial charge in [0.15, 0.2) is 5.82 Å². The van der Waals surface area contributed by atoms with Crippen LogP contribution in [0.1, 0.15) is 5.82 Å². The zero-order chi connectivity index (χ0) is 6.53. The van der Waals surface area contributed by atoms with E-state index in [0.29, 0.717) is 5.82 Å². The van der Waals surface area contributed by atoms with Gasteiger partial charge in [-0.05, 0) is 6.07 Å². The van der Waals surface area contributed by atoms with Gasteiger partial charge in [-0.25, -0.2) is 14.9 Å². The van der Waals surface area contributed by atoms with Crippen molar-refractivity contribution in [3.05, 3.63) is 24.3 Å². The summed E-state index contributed by atoms with van der Waals surface area (Å²) in [6.45, 7) is 0.0425. The number of nitrogens with zero attached hydrogens (tertiary/aromatic N) is 2. The first-order valence-electron chi connectivity index (χ1n) is 2.46. The molecule has 0 aliphatic rings. The molecule has 0 unspecified atom stereocenters. The van der Waals surface area contributed by atoms with E-state index >= 15 is 0 Å². The fraction of sp³-hybridized carbons (Fsp3) is 0.200. The fourth-order valence-electron chi connectivity index (χ4n) is 0.462. The first-order chi connectivity index (χ1) is 4.43. The van der Waals surface area contributed by atoms with E-state index in [1.165, 1.54) is 0 Å². The van der Waals surface area contributed by atoms with Crippen LogP contribution in [0.5, 0.6) is 0 Å². The number of hydrogen-bond donors (Lipinski definition) is 1. The van der Waals surface area contributed by atoms with E-state index in [1.54, 1.807) is 18.5 Å². The molecule has 0 fully saturated rings. The van der Waals surface area contributed by atoms with Crippen LogP contribution >= 0.6 is 0 Å². The molecule has 0 aliphatic carbocycles. The average molecular weight is 126 g/mol. The minimum atomic E-state index is 0.0425. The number of aromatic nitrogens is 2. The van der Waals surface area contributed by atoms with E-state index in [2.05, 4.69) is 14.9 Å². The third-order valence-corrected chi connectivity index (χ3v) is 0.813. The summed E-state index contributed by atoms with van der Waals surface area (Å²) in [5, 5.41) is 7.94. The van der Waals surface area contributed by atoms with Crippen molar-refractivity contribution in [2.24, 2.45) is 0 Å². The van der Waals surface area contributed by atoms with Crippen LogP contribution in [0.2, 0.25) is 0 Å².